The number of Topliss-reactive ketones (excluding diaryl/α,β-unsaturated/α-hetero) is 1. The summed E-state index contributed by atoms with van der Waals surface area (Å²) >= 11 is 1.48. The molecule has 2 aromatic carbocycles. The number of benzene rings is 2. The number of halogens is 1. The standard InChI is InChI=1S/C50H64FN4O8PS/c1-30(2)52-49-54-41(29-65-49)40-24-45(37-20-21-44(61-5)32(4)47(37)53-40)62-36-23-42-43(56)26-50(64(59,60)28-38-31(3)14-13-19-39(38)51)25-34(50)16-10-8-6-7-9-15-33(48(58)55(42)27-36)22-46(57)63-35-17-11-12-18-35/h13-14,19-21,24,29-30,33-36,42H,6-12,15-18,22-23,25-28H2,1-5H3,(H,52,54)(H,59,60)/t33-,34+,36-,42+,50-/m1/s1. The Labute approximate surface area is 385 Å². The molecule has 6 atom stereocenters. The molecule has 15 heteroatoms. The largest absolute Gasteiger partial charge is 0.496 e. The van der Waals surface area contributed by atoms with Gasteiger partial charge in [0.25, 0.3) is 0 Å². The van der Waals surface area contributed by atoms with Crippen molar-refractivity contribution in [2.45, 2.75) is 160 Å². The van der Waals surface area contributed by atoms with Crippen LogP contribution < -0.4 is 14.8 Å². The summed E-state index contributed by atoms with van der Waals surface area (Å²) in [4.78, 5) is 67.1. The second-order valence-electron chi connectivity index (χ2n) is 19.3. The highest BCUT2D eigenvalue weighted by Crippen LogP contribution is 2.75. The third-order valence-corrected chi connectivity index (χ3v) is 17.9. The van der Waals surface area contributed by atoms with E-state index >= 15 is 14.0 Å². The van der Waals surface area contributed by atoms with Crippen molar-refractivity contribution in [3.8, 4) is 22.9 Å². The van der Waals surface area contributed by atoms with Crippen molar-refractivity contribution in [2.24, 2.45) is 11.8 Å². The van der Waals surface area contributed by atoms with E-state index < -0.39 is 42.4 Å². The van der Waals surface area contributed by atoms with Crippen molar-refractivity contribution in [3.63, 3.8) is 0 Å². The molecular formula is C50H64FN4O8PS. The van der Waals surface area contributed by atoms with Crippen LogP contribution >= 0.6 is 18.7 Å². The number of hydrogen-bond donors (Lipinski definition) is 2. The Morgan fingerprint density at radius 1 is 0.985 bits per heavy atom. The summed E-state index contributed by atoms with van der Waals surface area (Å²) in [7, 11) is -2.57. The first-order valence-corrected chi connectivity index (χ1v) is 26.3. The van der Waals surface area contributed by atoms with Gasteiger partial charge in [0, 0.05) is 52.8 Å². The maximum absolute atomic E-state index is 15.2. The lowest BCUT2D eigenvalue weighted by Gasteiger charge is -2.30. The van der Waals surface area contributed by atoms with Gasteiger partial charge in [0.05, 0.1) is 48.6 Å². The molecule has 2 aliphatic heterocycles. The normalized spacial score (nSPS) is 25.4. The number of methoxy groups -OCH3 is 1. The number of ketones is 1. The molecule has 0 bridgehead atoms. The highest BCUT2D eigenvalue weighted by Gasteiger charge is 2.66. The summed E-state index contributed by atoms with van der Waals surface area (Å²) in [6.07, 6.45) is 8.14. The van der Waals surface area contributed by atoms with E-state index in [1.54, 1.807) is 31.1 Å². The number of nitrogens with one attached hydrogen (secondary N) is 1. The molecule has 65 heavy (non-hydrogen) atoms. The SMILES string of the molecule is COc1ccc2c(O[C@@H]3C[C@H]4C(=O)C[C@]5(P(=O)(O)Cc6c(C)cccc6F)C[C@@H]5CCCCCCC[C@H](CC(=O)OC5CCCC5)C(=O)N4C3)cc(-c3csc(NC(C)C)n3)nc2c1C. The van der Waals surface area contributed by atoms with Crippen LogP contribution in [0.5, 0.6) is 11.5 Å². The molecule has 12 nitrogen and oxygen atoms in total. The zero-order valence-corrected chi connectivity index (χ0v) is 40.1. The lowest BCUT2D eigenvalue weighted by atomic mass is 9.94. The van der Waals surface area contributed by atoms with Crippen molar-refractivity contribution in [1.29, 1.82) is 0 Å². The van der Waals surface area contributed by atoms with E-state index in [2.05, 4.69) is 5.32 Å². The zero-order chi connectivity index (χ0) is 46.0. The lowest BCUT2D eigenvalue weighted by Crippen LogP contribution is -2.45. The molecular weight excluding hydrogens is 867 g/mol. The quantitative estimate of drug-likeness (QED) is 0.103. The third-order valence-electron chi connectivity index (χ3n) is 14.3. The first-order valence-electron chi connectivity index (χ1n) is 23.6. The molecule has 0 spiro atoms. The molecule has 2 N–H and O–H groups in total. The number of nitrogens with zero attached hydrogens (tertiary/aromatic N) is 3. The molecule has 4 aliphatic rings. The first-order chi connectivity index (χ1) is 31.2. The number of aryl methyl sites for hydroxylation is 2. The molecule has 350 valence electrons. The monoisotopic (exact) mass is 930 g/mol. The number of amides is 1. The van der Waals surface area contributed by atoms with Crippen molar-refractivity contribution < 1.29 is 42.4 Å². The van der Waals surface area contributed by atoms with Gasteiger partial charge in [-0.2, -0.15) is 0 Å². The van der Waals surface area contributed by atoms with Gasteiger partial charge >= 0.3 is 5.97 Å². The summed E-state index contributed by atoms with van der Waals surface area (Å²) in [5.74, 6) is -1.29. The number of carbonyl (C=O) groups is 3. The minimum Gasteiger partial charge on any atom is -0.496 e. The van der Waals surface area contributed by atoms with Crippen LogP contribution in [0, 0.1) is 31.5 Å². The van der Waals surface area contributed by atoms with Gasteiger partial charge in [-0.1, -0.05) is 44.2 Å². The van der Waals surface area contributed by atoms with Crippen LogP contribution in [0.2, 0.25) is 0 Å². The molecule has 4 heterocycles. The maximum atomic E-state index is 15.2. The molecule has 8 rings (SSSR count). The second-order valence-corrected chi connectivity index (χ2v) is 22.8. The van der Waals surface area contributed by atoms with Crippen molar-refractivity contribution in [3.05, 3.63) is 64.3 Å². The number of aromatic nitrogens is 2. The minimum absolute atomic E-state index is 0.0679. The average molecular weight is 931 g/mol. The van der Waals surface area contributed by atoms with Crippen molar-refractivity contribution in [2.75, 3.05) is 19.0 Å². The molecule has 4 fully saturated rings. The number of hydrogen-bond acceptors (Lipinski definition) is 11. The van der Waals surface area contributed by atoms with Crippen LogP contribution in [-0.4, -0.2) is 80.5 Å². The van der Waals surface area contributed by atoms with Crippen LogP contribution in [0.15, 0.2) is 41.8 Å². The number of ether oxygens (including phenoxy) is 3. The van der Waals surface area contributed by atoms with Crippen molar-refractivity contribution in [1.82, 2.24) is 14.9 Å². The van der Waals surface area contributed by atoms with Gasteiger partial charge in [-0.05, 0) is 102 Å². The van der Waals surface area contributed by atoms with E-state index in [0.717, 1.165) is 73.9 Å². The first kappa shape index (κ1) is 47.1. The Kier molecular flexibility index (Phi) is 14.4. The van der Waals surface area contributed by atoms with E-state index in [1.807, 2.05) is 44.4 Å². The van der Waals surface area contributed by atoms with Gasteiger partial charge in [-0.25, -0.2) is 14.4 Å². The Hall–Kier alpha value is -4.39. The van der Waals surface area contributed by atoms with Crippen LogP contribution in [0.1, 0.15) is 127 Å². The van der Waals surface area contributed by atoms with Gasteiger partial charge in [0.1, 0.15) is 35.2 Å². The predicted octanol–water partition coefficient (Wildman–Crippen LogP) is 10.7. The average Bonchev–Trinajstić information content (AvgIpc) is 3.68. The summed E-state index contributed by atoms with van der Waals surface area (Å²) in [5, 5.41) is 5.54. The number of thiazole rings is 1. The highest BCUT2D eigenvalue weighted by molar-refractivity contribution is 7.59. The molecule has 1 amide bonds. The van der Waals surface area contributed by atoms with Crippen LogP contribution in [0.3, 0.4) is 0 Å². The van der Waals surface area contributed by atoms with Crippen LogP contribution in [0.25, 0.3) is 22.3 Å². The zero-order valence-electron chi connectivity index (χ0n) is 38.4. The highest BCUT2D eigenvalue weighted by atomic mass is 32.1. The fraction of sp³-hybridized carbons (Fsp3) is 0.580. The fourth-order valence-electron chi connectivity index (χ4n) is 10.6. The van der Waals surface area contributed by atoms with Gasteiger partial charge in [-0.15, -0.1) is 11.3 Å². The van der Waals surface area contributed by atoms with Gasteiger partial charge in [0.2, 0.25) is 13.3 Å². The molecule has 1 unspecified atom stereocenters. The van der Waals surface area contributed by atoms with E-state index in [1.165, 1.54) is 17.4 Å². The Morgan fingerprint density at radius 3 is 2.46 bits per heavy atom. The third kappa shape index (κ3) is 10.3. The number of anilines is 1. The molecule has 0 radical (unpaired) electrons. The molecule has 4 aromatic rings. The number of rotatable bonds is 12. The summed E-state index contributed by atoms with van der Waals surface area (Å²) in [6.45, 7) is 7.83. The number of carbonyl (C=O) groups excluding carboxylic acids is 3. The van der Waals surface area contributed by atoms with E-state index in [0.29, 0.717) is 53.2 Å². The molecule has 2 saturated carbocycles. The van der Waals surface area contributed by atoms with Gasteiger partial charge in [-0.3, -0.25) is 18.9 Å². The van der Waals surface area contributed by atoms with E-state index in [9.17, 15) is 14.3 Å². The van der Waals surface area contributed by atoms with Gasteiger partial charge < -0.3 is 29.3 Å². The topological polar surface area (TPSA) is 157 Å². The van der Waals surface area contributed by atoms with Crippen molar-refractivity contribution >= 4 is 52.4 Å². The Balaban J connectivity index is 1.14. The predicted molar refractivity (Wildman–Crippen MR) is 251 cm³/mol. The lowest BCUT2D eigenvalue weighted by molar-refractivity contribution is -0.154. The van der Waals surface area contributed by atoms with Crippen LogP contribution in [0.4, 0.5) is 9.52 Å². The smallest absolute Gasteiger partial charge is 0.306 e. The second kappa shape index (κ2) is 19.8. The van der Waals surface area contributed by atoms with Gasteiger partial charge in [0.15, 0.2) is 10.9 Å². The number of pyridine rings is 1. The minimum atomic E-state index is -4.18. The van der Waals surface area contributed by atoms with E-state index in [-0.39, 0.29) is 67.3 Å². The van der Waals surface area contributed by atoms with Crippen LogP contribution in [-0.2, 0) is 29.8 Å². The Morgan fingerprint density at radius 2 is 1.72 bits per heavy atom. The fourth-order valence-corrected chi connectivity index (χ4v) is 14.2. The number of esters is 1. The Bertz CT molecular complexity index is 2440. The molecule has 2 saturated heterocycles. The summed E-state index contributed by atoms with van der Waals surface area (Å²) in [6, 6.07) is 9.43. The molecule has 2 aliphatic carbocycles. The van der Waals surface area contributed by atoms with E-state index in [4.69, 9.17) is 24.2 Å². The number of fused-ring (bicyclic) bond motifs is 3. The summed E-state index contributed by atoms with van der Waals surface area (Å²) < 4.78 is 48.5. The summed E-state index contributed by atoms with van der Waals surface area (Å²) in [5.41, 5.74) is 3.50. The maximum Gasteiger partial charge on any atom is 0.306 e. The molecule has 2 aromatic heterocycles.